The zero-order chi connectivity index (χ0) is 53.7. The summed E-state index contributed by atoms with van der Waals surface area (Å²) in [5.74, 6) is 1.67. The molecule has 0 bridgehead atoms. The Kier molecular flexibility index (Phi) is 16.5. The summed E-state index contributed by atoms with van der Waals surface area (Å²) in [7, 11) is 4.76. The van der Waals surface area contributed by atoms with E-state index >= 15 is 0 Å². The minimum atomic E-state index is -0.434. The number of benzene rings is 6. The summed E-state index contributed by atoms with van der Waals surface area (Å²) in [6.45, 7) is 12.5. The number of ether oxygens (including phenoxy) is 3. The fourth-order valence-corrected chi connectivity index (χ4v) is 9.08. The van der Waals surface area contributed by atoms with Crippen LogP contribution >= 0.6 is 34.8 Å². The van der Waals surface area contributed by atoms with E-state index in [0.717, 1.165) is 50.8 Å². The van der Waals surface area contributed by atoms with E-state index in [1.54, 1.807) is 88.6 Å². The quantitative estimate of drug-likeness (QED) is 0.124. The average Bonchev–Trinajstić information content (AvgIpc) is 4.15. The number of imidazole rings is 3. The number of methoxy groups -OCH3 is 3. The molecule has 6 aromatic carbocycles. The Morgan fingerprint density at radius 1 is 0.446 bits per heavy atom. The highest BCUT2D eigenvalue weighted by atomic mass is 35.5. The molecule has 11 nitrogen and oxygen atoms in total. The lowest BCUT2D eigenvalue weighted by Gasteiger charge is -2.27. The molecule has 9 rings (SSSR count). The second kappa shape index (κ2) is 22.4. The van der Waals surface area contributed by atoms with Crippen molar-refractivity contribution in [3.05, 3.63) is 219 Å². The molecule has 0 spiro atoms. The molecule has 0 aliphatic rings. The van der Waals surface area contributed by atoms with E-state index in [0.29, 0.717) is 44.2 Å². The van der Waals surface area contributed by atoms with Crippen LogP contribution in [0.2, 0.25) is 15.1 Å². The first-order chi connectivity index (χ1) is 35.1. The van der Waals surface area contributed by atoms with Crippen molar-refractivity contribution >= 4 is 46.7 Å². The normalized spacial score (nSPS) is 11.6. The highest BCUT2D eigenvalue weighted by Gasteiger charge is 2.32. The summed E-state index contributed by atoms with van der Waals surface area (Å²) in [6.07, 6.45) is 7.03. The molecule has 0 atom stereocenters. The molecule has 0 fully saturated rings. The van der Waals surface area contributed by atoms with Crippen LogP contribution in [0.25, 0.3) is 17.1 Å². The van der Waals surface area contributed by atoms with E-state index in [-0.39, 0.29) is 24.3 Å². The van der Waals surface area contributed by atoms with Crippen molar-refractivity contribution in [2.45, 2.75) is 57.8 Å². The molecule has 0 aliphatic carbocycles. The van der Waals surface area contributed by atoms with E-state index in [1.165, 1.54) is 36.4 Å². The lowest BCUT2D eigenvalue weighted by Crippen LogP contribution is -2.23. The Hall–Kier alpha value is -7.39. The Labute approximate surface area is 445 Å². The maximum atomic E-state index is 13.3. The van der Waals surface area contributed by atoms with Crippen LogP contribution in [0.3, 0.4) is 0 Å². The van der Waals surface area contributed by atoms with Gasteiger partial charge >= 0.3 is 0 Å². The number of halogens is 6. The molecular weight excluding hydrogens is 1010 g/mol. The van der Waals surface area contributed by atoms with Gasteiger partial charge in [-0.15, -0.1) is 0 Å². The molecular formula is C57H58Cl3F3N8O3. The van der Waals surface area contributed by atoms with Gasteiger partial charge in [0.25, 0.3) is 0 Å². The molecule has 3 aromatic heterocycles. The minimum Gasteiger partial charge on any atom is -0.495 e. The molecule has 0 unspecified atom stereocenters. The van der Waals surface area contributed by atoms with Crippen molar-refractivity contribution in [1.82, 2.24) is 28.7 Å². The van der Waals surface area contributed by atoms with Gasteiger partial charge in [-0.3, -0.25) is 9.13 Å². The van der Waals surface area contributed by atoms with Gasteiger partial charge in [-0.25, -0.2) is 28.1 Å². The standard InChI is InChI=1S/2C19H19ClFN3O.C19H18ClFN2O.H2/c2*1-19(2,12-4-9-15(20)16(10-12)25-3)17-11-23-18(22)24(17)14-7-5-13(21)6-8-14;1-19(2,13-4-9-16(20)17(10-13)24-3)18-11-22-12-23(18)15-7-5-14(21)6-8-15;/h2*4-11H,1-3H3,(H2,22,23);4-12H,1-3H3;1H. The van der Waals surface area contributed by atoms with Gasteiger partial charge in [0.05, 0.1) is 72.2 Å². The van der Waals surface area contributed by atoms with Gasteiger partial charge in [0.15, 0.2) is 0 Å². The van der Waals surface area contributed by atoms with E-state index < -0.39 is 10.8 Å². The monoisotopic (exact) mass is 1060 g/mol. The van der Waals surface area contributed by atoms with Crippen LogP contribution in [0, 0.1) is 17.5 Å². The Balaban J connectivity index is 0.000000182. The maximum Gasteiger partial charge on any atom is 0.205 e. The van der Waals surface area contributed by atoms with E-state index in [9.17, 15) is 13.2 Å². The molecule has 74 heavy (non-hydrogen) atoms. The largest absolute Gasteiger partial charge is 0.495 e. The predicted molar refractivity (Wildman–Crippen MR) is 292 cm³/mol. The van der Waals surface area contributed by atoms with Crippen molar-refractivity contribution in [2.75, 3.05) is 32.8 Å². The predicted octanol–water partition coefficient (Wildman–Crippen LogP) is 14.4. The van der Waals surface area contributed by atoms with Gasteiger partial charge in [0.2, 0.25) is 11.9 Å². The Bertz CT molecular complexity index is 3230. The lowest BCUT2D eigenvalue weighted by atomic mass is 9.81. The molecule has 9 aromatic rings. The van der Waals surface area contributed by atoms with Gasteiger partial charge in [0.1, 0.15) is 34.7 Å². The number of nitrogens with zero attached hydrogens (tertiary/aromatic N) is 6. The smallest absolute Gasteiger partial charge is 0.205 e. The number of anilines is 2. The van der Waals surface area contributed by atoms with Crippen molar-refractivity contribution < 1.29 is 28.8 Å². The van der Waals surface area contributed by atoms with Crippen LogP contribution in [0.4, 0.5) is 25.1 Å². The SMILES string of the molecule is COc1cc(C(C)(C)c2cnc(N)n2-c2ccc(F)cc2)ccc1Cl.COc1cc(C(C)(C)c2cnc(N)n2-c2ccc(F)cc2)ccc1Cl.COc1cc(C(C)(C)c2cncn2-c2ccc(F)cc2)ccc1Cl.[HH]. The molecule has 0 amide bonds. The third-order valence-corrected chi connectivity index (χ3v) is 14.0. The van der Waals surface area contributed by atoms with Crippen molar-refractivity contribution in [1.29, 1.82) is 0 Å². The van der Waals surface area contributed by atoms with E-state index in [1.807, 2.05) is 62.4 Å². The Morgan fingerprint density at radius 2 is 0.757 bits per heavy atom. The number of hydrogen-bond acceptors (Lipinski definition) is 8. The number of nitrogen functional groups attached to an aromatic ring is 2. The van der Waals surface area contributed by atoms with Gasteiger partial charge in [-0.1, -0.05) is 94.5 Å². The summed E-state index contributed by atoms with van der Waals surface area (Å²) in [5, 5.41) is 1.67. The number of nitrogens with two attached hydrogens (primary N) is 2. The third-order valence-electron chi connectivity index (χ3n) is 13.0. The summed E-state index contributed by atoms with van der Waals surface area (Å²) < 4.78 is 61.3. The number of aromatic nitrogens is 6. The fraction of sp³-hybridized carbons (Fsp3) is 0.211. The molecule has 17 heteroatoms. The van der Waals surface area contributed by atoms with Crippen LogP contribution in [-0.4, -0.2) is 50.0 Å². The first kappa shape index (κ1) is 54.4. The summed E-state index contributed by atoms with van der Waals surface area (Å²) in [5.41, 5.74) is 19.1. The molecule has 386 valence electrons. The van der Waals surface area contributed by atoms with Crippen LogP contribution in [0.15, 0.2) is 152 Å². The van der Waals surface area contributed by atoms with Crippen molar-refractivity contribution in [3.63, 3.8) is 0 Å². The maximum absolute atomic E-state index is 13.3. The second-order valence-corrected chi connectivity index (χ2v) is 19.9. The van der Waals surface area contributed by atoms with Crippen molar-refractivity contribution in [3.8, 4) is 34.3 Å². The molecule has 3 heterocycles. The second-order valence-electron chi connectivity index (χ2n) is 18.7. The first-order valence-corrected chi connectivity index (χ1v) is 24.3. The topological polar surface area (TPSA) is 133 Å². The van der Waals surface area contributed by atoms with Crippen LogP contribution in [0.1, 0.15) is 76.7 Å². The molecule has 0 aliphatic heterocycles. The lowest BCUT2D eigenvalue weighted by molar-refractivity contribution is 0.413. The van der Waals surface area contributed by atoms with Crippen molar-refractivity contribution in [2.24, 2.45) is 0 Å². The average molecular weight is 1070 g/mol. The highest BCUT2D eigenvalue weighted by Crippen LogP contribution is 2.40. The third kappa shape index (κ3) is 11.4. The molecule has 4 N–H and O–H groups in total. The van der Waals surface area contributed by atoms with Crippen LogP contribution in [0.5, 0.6) is 17.2 Å². The minimum absolute atomic E-state index is 0. The zero-order valence-corrected chi connectivity index (χ0v) is 44.5. The number of rotatable bonds is 12. The van der Waals surface area contributed by atoms with E-state index in [2.05, 4.69) is 56.5 Å². The summed E-state index contributed by atoms with van der Waals surface area (Å²) in [6, 6.07) is 35.7. The van der Waals surface area contributed by atoms with Gasteiger partial charge in [0, 0.05) is 40.9 Å². The zero-order valence-electron chi connectivity index (χ0n) is 42.3. The molecule has 0 saturated carbocycles. The van der Waals surface area contributed by atoms with Gasteiger partial charge in [-0.05, 0) is 126 Å². The summed E-state index contributed by atoms with van der Waals surface area (Å²) in [4.78, 5) is 12.8. The van der Waals surface area contributed by atoms with Gasteiger partial charge < -0.3 is 30.2 Å². The van der Waals surface area contributed by atoms with Crippen LogP contribution in [-0.2, 0) is 16.2 Å². The summed E-state index contributed by atoms with van der Waals surface area (Å²) >= 11 is 18.4. The first-order valence-electron chi connectivity index (χ1n) is 23.1. The highest BCUT2D eigenvalue weighted by molar-refractivity contribution is 6.32. The molecule has 0 radical (unpaired) electrons. The Morgan fingerprint density at radius 3 is 1.08 bits per heavy atom. The molecule has 0 saturated heterocycles. The fourth-order valence-electron chi connectivity index (χ4n) is 8.49. The number of hydrogen-bond donors (Lipinski definition) is 2. The van der Waals surface area contributed by atoms with Gasteiger partial charge in [-0.2, -0.15) is 0 Å². The van der Waals surface area contributed by atoms with E-state index in [4.69, 9.17) is 60.5 Å². The van der Waals surface area contributed by atoms with Crippen LogP contribution < -0.4 is 25.7 Å².